The zero-order valence-electron chi connectivity index (χ0n) is 25.4. The molecule has 0 aliphatic carbocycles. The molecule has 3 aliphatic rings. The molecular formula is C33H41F3N6O3. The molecule has 3 N–H and O–H groups in total. The number of halogens is 3. The number of amides is 1. The largest absolute Gasteiger partial charge is 0.454 e. The summed E-state index contributed by atoms with van der Waals surface area (Å²) < 4.78 is 43.3. The third kappa shape index (κ3) is 12.4. The van der Waals surface area contributed by atoms with Crippen LogP contribution in [0.25, 0.3) is 0 Å². The van der Waals surface area contributed by atoms with E-state index >= 15 is 0 Å². The van der Waals surface area contributed by atoms with E-state index in [1.807, 2.05) is 12.1 Å². The lowest BCUT2D eigenvalue weighted by atomic mass is 10.0. The molecular weight excluding hydrogens is 585 g/mol. The van der Waals surface area contributed by atoms with Gasteiger partial charge >= 0.3 is 12.2 Å². The lowest BCUT2D eigenvalue weighted by Gasteiger charge is -2.12. The van der Waals surface area contributed by atoms with E-state index in [4.69, 9.17) is 4.74 Å². The summed E-state index contributed by atoms with van der Waals surface area (Å²) in [5.74, 6) is -0.0996. The van der Waals surface area contributed by atoms with Gasteiger partial charge in [-0.15, -0.1) is 0 Å². The number of ether oxygens (including phenoxy) is 1. The molecule has 242 valence electrons. The summed E-state index contributed by atoms with van der Waals surface area (Å²) in [6, 6.07) is 13.3. The van der Waals surface area contributed by atoms with Gasteiger partial charge in [-0.05, 0) is 42.7 Å². The van der Waals surface area contributed by atoms with Crippen molar-refractivity contribution in [3.8, 4) is 6.01 Å². The third-order valence-corrected chi connectivity index (χ3v) is 7.48. The topological polar surface area (TPSA) is 118 Å². The Hall–Kier alpha value is -4.22. The number of rotatable bonds is 2. The molecule has 3 aliphatic heterocycles. The maximum absolute atomic E-state index is 12.8. The molecule has 0 spiro atoms. The van der Waals surface area contributed by atoms with E-state index in [0.29, 0.717) is 29.8 Å². The van der Waals surface area contributed by atoms with E-state index in [9.17, 15) is 22.8 Å². The molecule has 2 aromatic carbocycles. The Morgan fingerprint density at radius 1 is 0.667 bits per heavy atom. The predicted molar refractivity (Wildman–Crippen MR) is 167 cm³/mol. The predicted octanol–water partition coefficient (Wildman–Crippen LogP) is 7.78. The summed E-state index contributed by atoms with van der Waals surface area (Å²) in [5, 5.41) is 8.87. The van der Waals surface area contributed by atoms with Crippen LogP contribution in [0.2, 0.25) is 0 Å². The molecule has 0 saturated heterocycles. The van der Waals surface area contributed by atoms with Crippen LogP contribution < -0.4 is 20.7 Å². The lowest BCUT2D eigenvalue weighted by molar-refractivity contribution is -0.154. The number of fused-ring (bicyclic) bond motifs is 2. The Kier molecular flexibility index (Phi) is 13.0. The smallest absolute Gasteiger partial charge is 0.422 e. The number of anilines is 3. The van der Waals surface area contributed by atoms with E-state index in [1.54, 1.807) is 36.4 Å². The fourth-order valence-corrected chi connectivity index (χ4v) is 4.98. The minimum Gasteiger partial charge on any atom is -0.454 e. The first-order valence-electron chi connectivity index (χ1n) is 15.7. The molecule has 1 amide bonds. The minimum absolute atomic E-state index is 0.000451. The fourth-order valence-electron chi connectivity index (χ4n) is 4.98. The van der Waals surface area contributed by atoms with Crippen molar-refractivity contribution < 1.29 is 27.5 Å². The monoisotopic (exact) mass is 626 g/mol. The van der Waals surface area contributed by atoms with Gasteiger partial charge in [0.05, 0.1) is 0 Å². The van der Waals surface area contributed by atoms with Crippen LogP contribution in [0.5, 0.6) is 6.01 Å². The van der Waals surface area contributed by atoms with Crippen molar-refractivity contribution in [3.05, 3.63) is 65.2 Å². The third-order valence-electron chi connectivity index (χ3n) is 7.48. The van der Waals surface area contributed by atoms with Gasteiger partial charge < -0.3 is 20.7 Å². The van der Waals surface area contributed by atoms with Crippen molar-refractivity contribution in [1.82, 2.24) is 20.3 Å². The van der Waals surface area contributed by atoms with Crippen molar-refractivity contribution in [2.75, 3.05) is 23.8 Å². The number of carbonyl (C=O) groups excluding carboxylic acids is 2. The first-order chi connectivity index (χ1) is 21.7. The zero-order chi connectivity index (χ0) is 31.9. The quantitative estimate of drug-likeness (QED) is 0.264. The van der Waals surface area contributed by atoms with Crippen LogP contribution in [0, 0.1) is 0 Å². The summed E-state index contributed by atoms with van der Waals surface area (Å²) in [6.07, 6.45) is 8.21. The second kappa shape index (κ2) is 17.3. The van der Waals surface area contributed by atoms with Crippen molar-refractivity contribution >= 4 is 29.3 Å². The van der Waals surface area contributed by atoms with Crippen molar-refractivity contribution in [3.63, 3.8) is 0 Å². The first-order valence-corrected chi connectivity index (χ1v) is 15.7. The SMILES string of the molecule is O=C1CCCCCCCCCCCCCNC(=O)c2ccc(cc2)Nc2nc(nc(OCC(F)(F)F)n2)NCc2ccc1cc2. The molecule has 1 aromatic heterocycles. The fraction of sp³-hybridized carbons (Fsp3) is 0.485. The average molecular weight is 627 g/mol. The molecule has 12 heteroatoms. The number of Topliss-reactive ketones (excluding diaryl/α,β-unsaturated/α-hetero) is 1. The van der Waals surface area contributed by atoms with Crippen molar-refractivity contribution in [2.45, 2.75) is 89.8 Å². The number of hydrogen-bond donors (Lipinski definition) is 3. The molecule has 0 saturated carbocycles. The van der Waals surface area contributed by atoms with Gasteiger partial charge in [0.1, 0.15) is 0 Å². The Balaban J connectivity index is 1.46. The number of benzene rings is 2. The highest BCUT2D eigenvalue weighted by Crippen LogP contribution is 2.21. The normalized spacial score (nSPS) is 16.7. The number of aromatic nitrogens is 3. The second-order valence-electron chi connectivity index (χ2n) is 11.2. The molecule has 6 bridgehead atoms. The molecule has 0 unspecified atom stereocenters. The molecule has 0 fully saturated rings. The molecule has 0 radical (unpaired) electrons. The molecule has 45 heavy (non-hydrogen) atoms. The number of nitrogens with zero attached hydrogens (tertiary/aromatic N) is 3. The summed E-state index contributed by atoms with van der Waals surface area (Å²) in [6.45, 7) is -0.706. The van der Waals surface area contributed by atoms with E-state index in [1.165, 1.54) is 32.1 Å². The van der Waals surface area contributed by atoms with Gasteiger partial charge in [-0.25, -0.2) is 0 Å². The van der Waals surface area contributed by atoms with Crippen LogP contribution in [-0.2, 0) is 6.54 Å². The Bertz CT molecular complexity index is 1370. The summed E-state index contributed by atoms with van der Waals surface area (Å²) in [4.78, 5) is 37.4. The maximum atomic E-state index is 12.8. The Morgan fingerprint density at radius 2 is 1.24 bits per heavy atom. The highest BCUT2D eigenvalue weighted by molar-refractivity contribution is 5.96. The van der Waals surface area contributed by atoms with E-state index in [-0.39, 0.29) is 30.1 Å². The molecule has 3 aromatic rings. The van der Waals surface area contributed by atoms with Crippen molar-refractivity contribution in [2.24, 2.45) is 0 Å². The van der Waals surface area contributed by atoms with Crippen LogP contribution in [0.3, 0.4) is 0 Å². The minimum atomic E-state index is -4.57. The van der Waals surface area contributed by atoms with Gasteiger partial charge in [-0.1, -0.05) is 82.1 Å². The molecule has 6 rings (SSSR count). The first kappa shape index (κ1) is 33.7. The van der Waals surface area contributed by atoms with Crippen LogP contribution in [0.4, 0.5) is 30.8 Å². The summed E-state index contributed by atoms with van der Waals surface area (Å²) in [5.41, 5.74) is 2.48. The van der Waals surface area contributed by atoms with Gasteiger partial charge in [0, 0.05) is 36.3 Å². The lowest BCUT2D eigenvalue weighted by Crippen LogP contribution is -2.24. The Morgan fingerprint density at radius 3 is 1.89 bits per heavy atom. The molecule has 9 nitrogen and oxygen atoms in total. The number of alkyl halides is 3. The van der Waals surface area contributed by atoms with Gasteiger partial charge in [0.25, 0.3) is 5.91 Å². The number of ketones is 1. The number of carbonyl (C=O) groups is 2. The van der Waals surface area contributed by atoms with E-state index < -0.39 is 18.8 Å². The highest BCUT2D eigenvalue weighted by Gasteiger charge is 2.29. The molecule has 4 heterocycles. The van der Waals surface area contributed by atoms with Crippen LogP contribution in [0.1, 0.15) is 103 Å². The standard InChI is InChI=1S/C33H41F3N6O3/c34-33(35,36)23-45-32-41-30-38-22-24-13-15-25(16-14-24)28(43)12-10-8-6-4-2-1-3-5-7-9-11-21-37-29(44)26-17-19-27(20-18-26)39-31(40-30)42-32/h13-20H,1-12,21-23H2,(H,37,44)(H2,38,39,40,41,42). The van der Waals surface area contributed by atoms with Crippen LogP contribution in [-0.4, -0.2) is 46.0 Å². The Labute approximate surface area is 261 Å². The summed E-state index contributed by atoms with van der Waals surface area (Å²) in [7, 11) is 0. The average Bonchev–Trinajstić information content (AvgIpc) is 3.02. The molecule has 0 atom stereocenters. The summed E-state index contributed by atoms with van der Waals surface area (Å²) >= 11 is 0. The number of hydrogen-bond acceptors (Lipinski definition) is 8. The van der Waals surface area contributed by atoms with E-state index in [0.717, 1.165) is 44.1 Å². The van der Waals surface area contributed by atoms with Gasteiger partial charge in [-0.2, -0.15) is 28.1 Å². The maximum Gasteiger partial charge on any atom is 0.422 e. The van der Waals surface area contributed by atoms with E-state index in [2.05, 4.69) is 30.9 Å². The number of nitrogens with one attached hydrogen (secondary N) is 3. The van der Waals surface area contributed by atoms with Crippen LogP contribution in [0.15, 0.2) is 48.5 Å². The van der Waals surface area contributed by atoms with Gasteiger partial charge in [0.2, 0.25) is 11.9 Å². The van der Waals surface area contributed by atoms with Crippen LogP contribution >= 0.6 is 0 Å². The second-order valence-corrected chi connectivity index (χ2v) is 11.2. The zero-order valence-corrected chi connectivity index (χ0v) is 25.4. The van der Waals surface area contributed by atoms with Gasteiger partial charge in [0.15, 0.2) is 12.4 Å². The highest BCUT2D eigenvalue weighted by atomic mass is 19.4. The van der Waals surface area contributed by atoms with Gasteiger partial charge in [-0.3, -0.25) is 9.59 Å². The van der Waals surface area contributed by atoms with Crippen molar-refractivity contribution in [1.29, 1.82) is 0 Å².